The molecule has 1 aliphatic heterocycles. The first-order chi connectivity index (χ1) is 11.7. The monoisotopic (exact) mass is 327 g/mol. The third kappa shape index (κ3) is 4.50. The summed E-state index contributed by atoms with van der Waals surface area (Å²) in [6, 6.07) is 10.3. The molecule has 2 heterocycles. The molecule has 0 bridgehead atoms. The summed E-state index contributed by atoms with van der Waals surface area (Å²) in [6.45, 7) is 5.39. The Morgan fingerprint density at radius 1 is 1.12 bits per heavy atom. The number of benzene rings is 1. The SMILES string of the molecule is O=[N+]([O-])c1cnn(CN2CCN(C/C=C/c3ccccc3)CC2)c1. The van der Waals surface area contributed by atoms with E-state index in [2.05, 4.69) is 39.2 Å². The van der Waals surface area contributed by atoms with Gasteiger partial charge in [-0.1, -0.05) is 42.5 Å². The maximum Gasteiger partial charge on any atom is 0.307 e. The summed E-state index contributed by atoms with van der Waals surface area (Å²) in [5.41, 5.74) is 1.26. The maximum absolute atomic E-state index is 10.7. The lowest BCUT2D eigenvalue weighted by Gasteiger charge is -2.33. The average molecular weight is 327 g/mol. The second-order valence-corrected chi connectivity index (χ2v) is 5.87. The van der Waals surface area contributed by atoms with Gasteiger partial charge in [-0.25, -0.2) is 0 Å². The molecule has 0 amide bonds. The van der Waals surface area contributed by atoms with Crippen LogP contribution in [0.4, 0.5) is 5.69 Å². The molecule has 1 aliphatic rings. The van der Waals surface area contributed by atoms with E-state index in [1.807, 2.05) is 18.2 Å². The molecule has 0 unspecified atom stereocenters. The van der Waals surface area contributed by atoms with Gasteiger partial charge in [0.2, 0.25) is 0 Å². The van der Waals surface area contributed by atoms with Crippen LogP contribution < -0.4 is 0 Å². The summed E-state index contributed by atoms with van der Waals surface area (Å²) in [6.07, 6.45) is 7.12. The topological polar surface area (TPSA) is 67.4 Å². The normalized spacial score (nSPS) is 16.7. The fourth-order valence-corrected chi connectivity index (χ4v) is 2.74. The van der Waals surface area contributed by atoms with Gasteiger partial charge in [-0.3, -0.25) is 24.6 Å². The summed E-state index contributed by atoms with van der Waals surface area (Å²) in [4.78, 5) is 14.9. The van der Waals surface area contributed by atoms with Crippen LogP contribution in [-0.2, 0) is 6.67 Å². The molecule has 2 aromatic rings. The van der Waals surface area contributed by atoms with Crippen molar-refractivity contribution in [2.75, 3.05) is 32.7 Å². The molecule has 0 aliphatic carbocycles. The second-order valence-electron chi connectivity index (χ2n) is 5.87. The number of nitro groups is 1. The Morgan fingerprint density at radius 3 is 2.50 bits per heavy atom. The minimum Gasteiger partial charge on any atom is -0.297 e. The van der Waals surface area contributed by atoms with Crippen molar-refractivity contribution in [1.82, 2.24) is 19.6 Å². The third-order valence-electron chi connectivity index (χ3n) is 4.11. The molecule has 0 saturated carbocycles. The van der Waals surface area contributed by atoms with Crippen molar-refractivity contribution in [2.24, 2.45) is 0 Å². The van der Waals surface area contributed by atoms with Gasteiger partial charge in [-0.2, -0.15) is 5.10 Å². The Kier molecular flexibility index (Phi) is 5.35. The number of aromatic nitrogens is 2. The van der Waals surface area contributed by atoms with Gasteiger partial charge in [-0.05, 0) is 5.56 Å². The van der Waals surface area contributed by atoms with Crippen LogP contribution >= 0.6 is 0 Å². The Bertz CT molecular complexity index is 690. The van der Waals surface area contributed by atoms with E-state index in [0.717, 1.165) is 32.7 Å². The highest BCUT2D eigenvalue weighted by Crippen LogP contribution is 2.10. The zero-order chi connectivity index (χ0) is 16.8. The van der Waals surface area contributed by atoms with Crippen LogP contribution in [0.3, 0.4) is 0 Å². The molecule has 1 fully saturated rings. The number of hydrogen-bond donors (Lipinski definition) is 0. The van der Waals surface area contributed by atoms with Crippen LogP contribution in [-0.4, -0.2) is 57.2 Å². The number of rotatable bonds is 6. The van der Waals surface area contributed by atoms with Gasteiger partial charge in [0.05, 0.1) is 11.6 Å². The molecule has 0 atom stereocenters. The summed E-state index contributed by atoms with van der Waals surface area (Å²) in [5.74, 6) is 0. The van der Waals surface area contributed by atoms with E-state index in [9.17, 15) is 10.1 Å². The lowest BCUT2D eigenvalue weighted by molar-refractivity contribution is -0.385. The first kappa shape index (κ1) is 16.4. The smallest absolute Gasteiger partial charge is 0.297 e. The van der Waals surface area contributed by atoms with E-state index < -0.39 is 4.92 Å². The third-order valence-corrected chi connectivity index (χ3v) is 4.11. The molecule has 126 valence electrons. The molecule has 1 aromatic heterocycles. The zero-order valence-corrected chi connectivity index (χ0v) is 13.5. The van der Waals surface area contributed by atoms with Gasteiger partial charge in [0.25, 0.3) is 0 Å². The van der Waals surface area contributed by atoms with Crippen molar-refractivity contribution >= 4 is 11.8 Å². The lowest BCUT2D eigenvalue weighted by Crippen LogP contribution is -2.46. The fourth-order valence-electron chi connectivity index (χ4n) is 2.74. The van der Waals surface area contributed by atoms with Crippen molar-refractivity contribution in [3.05, 3.63) is 64.5 Å². The molecule has 0 N–H and O–H groups in total. The standard InChI is InChI=1S/C17H21N5O2/c23-22(24)17-13-18-21(14-17)15-20-11-9-19(10-12-20)8-4-7-16-5-2-1-3-6-16/h1-7,13-14H,8-12,15H2/b7-4+. The lowest BCUT2D eigenvalue weighted by atomic mass is 10.2. The molecule has 1 saturated heterocycles. The minimum absolute atomic E-state index is 0.0414. The van der Waals surface area contributed by atoms with E-state index in [1.54, 1.807) is 4.68 Å². The second kappa shape index (κ2) is 7.85. The van der Waals surface area contributed by atoms with Crippen LogP contribution in [0.2, 0.25) is 0 Å². The van der Waals surface area contributed by atoms with Gasteiger partial charge in [0.1, 0.15) is 12.4 Å². The van der Waals surface area contributed by atoms with Gasteiger partial charge in [0.15, 0.2) is 0 Å². The van der Waals surface area contributed by atoms with Crippen LogP contribution in [0.1, 0.15) is 5.56 Å². The van der Waals surface area contributed by atoms with Crippen molar-refractivity contribution in [2.45, 2.75) is 6.67 Å². The summed E-state index contributed by atoms with van der Waals surface area (Å²) < 4.78 is 1.63. The van der Waals surface area contributed by atoms with Gasteiger partial charge in [-0.15, -0.1) is 0 Å². The number of piperazine rings is 1. The van der Waals surface area contributed by atoms with Crippen LogP contribution in [0.25, 0.3) is 6.08 Å². The summed E-state index contributed by atoms with van der Waals surface area (Å²) >= 11 is 0. The van der Waals surface area contributed by atoms with E-state index in [-0.39, 0.29) is 5.69 Å². The van der Waals surface area contributed by atoms with E-state index >= 15 is 0 Å². The molecule has 0 spiro atoms. The summed E-state index contributed by atoms with van der Waals surface area (Å²) in [5, 5.41) is 14.7. The first-order valence-electron chi connectivity index (χ1n) is 8.04. The van der Waals surface area contributed by atoms with E-state index in [0.29, 0.717) is 6.67 Å². The molecular weight excluding hydrogens is 306 g/mol. The van der Waals surface area contributed by atoms with Gasteiger partial charge in [0, 0.05) is 32.7 Å². The fraction of sp³-hybridized carbons (Fsp3) is 0.353. The predicted molar refractivity (Wildman–Crippen MR) is 92.4 cm³/mol. The average Bonchev–Trinajstić information content (AvgIpc) is 3.06. The van der Waals surface area contributed by atoms with Crippen molar-refractivity contribution in [3.63, 3.8) is 0 Å². The molecular formula is C17H21N5O2. The molecule has 1 aromatic carbocycles. The highest BCUT2D eigenvalue weighted by molar-refractivity contribution is 5.48. The molecule has 24 heavy (non-hydrogen) atoms. The molecule has 3 rings (SSSR count). The van der Waals surface area contributed by atoms with Gasteiger partial charge >= 0.3 is 5.69 Å². The number of hydrogen-bond acceptors (Lipinski definition) is 5. The van der Waals surface area contributed by atoms with Gasteiger partial charge < -0.3 is 0 Å². The molecule has 7 nitrogen and oxygen atoms in total. The zero-order valence-electron chi connectivity index (χ0n) is 13.5. The highest BCUT2D eigenvalue weighted by atomic mass is 16.6. The Hall–Kier alpha value is -2.51. The van der Waals surface area contributed by atoms with Crippen molar-refractivity contribution < 1.29 is 4.92 Å². The number of nitrogens with zero attached hydrogens (tertiary/aromatic N) is 5. The van der Waals surface area contributed by atoms with Crippen LogP contribution in [0, 0.1) is 10.1 Å². The van der Waals surface area contributed by atoms with Crippen molar-refractivity contribution in [3.8, 4) is 0 Å². The maximum atomic E-state index is 10.7. The predicted octanol–water partition coefficient (Wildman–Crippen LogP) is 2.08. The highest BCUT2D eigenvalue weighted by Gasteiger charge is 2.17. The van der Waals surface area contributed by atoms with Crippen LogP contribution in [0.5, 0.6) is 0 Å². The molecule has 7 heteroatoms. The Balaban J connectivity index is 1.42. The van der Waals surface area contributed by atoms with Crippen molar-refractivity contribution in [1.29, 1.82) is 0 Å². The quantitative estimate of drug-likeness (QED) is 0.600. The largest absolute Gasteiger partial charge is 0.307 e. The van der Waals surface area contributed by atoms with Crippen LogP contribution in [0.15, 0.2) is 48.8 Å². The van der Waals surface area contributed by atoms with E-state index in [1.165, 1.54) is 18.0 Å². The van der Waals surface area contributed by atoms with E-state index in [4.69, 9.17) is 0 Å². The minimum atomic E-state index is -0.416. The Morgan fingerprint density at radius 2 is 1.83 bits per heavy atom. The Labute approximate surface area is 140 Å². The summed E-state index contributed by atoms with van der Waals surface area (Å²) in [7, 11) is 0. The molecule has 0 radical (unpaired) electrons. The first-order valence-corrected chi connectivity index (χ1v) is 8.04.